The molecule has 1 saturated heterocycles. The van der Waals surface area contributed by atoms with Crippen molar-refractivity contribution in [2.45, 2.75) is 31.4 Å². The van der Waals surface area contributed by atoms with Crippen molar-refractivity contribution < 1.29 is 14.7 Å². The number of rotatable bonds is 3. The van der Waals surface area contributed by atoms with Crippen molar-refractivity contribution in [3.05, 3.63) is 29.3 Å². The number of carbonyl (C=O) groups is 2. The number of anilines is 1. The molecule has 1 aliphatic heterocycles. The highest BCUT2D eigenvalue weighted by Gasteiger charge is 2.22. The lowest BCUT2D eigenvalue weighted by molar-refractivity contribution is -0.115. The van der Waals surface area contributed by atoms with Crippen molar-refractivity contribution in [2.24, 2.45) is 0 Å². The highest BCUT2D eigenvalue weighted by atomic mass is 32.2. The van der Waals surface area contributed by atoms with Crippen molar-refractivity contribution in [3.8, 4) is 0 Å². The molecule has 2 N–H and O–H groups in total. The summed E-state index contributed by atoms with van der Waals surface area (Å²) in [6.07, 6.45) is 3.15. The first-order valence-corrected chi connectivity index (χ1v) is 7.39. The Hall–Kier alpha value is -1.49. The Morgan fingerprint density at radius 2 is 2.16 bits per heavy atom. The van der Waals surface area contributed by atoms with Crippen LogP contribution in [0.1, 0.15) is 35.2 Å². The highest BCUT2D eigenvalue weighted by Crippen LogP contribution is 2.26. The molecule has 1 heterocycles. The lowest BCUT2D eigenvalue weighted by Gasteiger charge is -2.20. The molecule has 102 valence electrons. The molecule has 0 aliphatic carbocycles. The minimum atomic E-state index is -0.972. The van der Waals surface area contributed by atoms with Crippen LogP contribution in [0.25, 0.3) is 0 Å². The number of carbonyl (C=O) groups excluding carboxylic acids is 1. The van der Waals surface area contributed by atoms with Gasteiger partial charge in [0.05, 0.1) is 10.8 Å². The Labute approximate surface area is 116 Å². The molecular weight excluding hydrogens is 262 g/mol. The molecule has 1 amide bonds. The maximum atomic E-state index is 12.1. The van der Waals surface area contributed by atoms with Gasteiger partial charge in [-0.3, -0.25) is 4.79 Å². The maximum absolute atomic E-state index is 12.1. The van der Waals surface area contributed by atoms with Crippen LogP contribution in [-0.4, -0.2) is 28.0 Å². The number of thioether (sulfide) groups is 1. The summed E-state index contributed by atoms with van der Waals surface area (Å²) >= 11 is 1.68. The van der Waals surface area contributed by atoms with Gasteiger partial charge in [0, 0.05) is 5.69 Å². The smallest absolute Gasteiger partial charge is 0.336 e. The number of hydrogen-bond acceptors (Lipinski definition) is 3. The maximum Gasteiger partial charge on any atom is 0.336 e. The van der Waals surface area contributed by atoms with Gasteiger partial charge in [0.15, 0.2) is 0 Å². The predicted octanol–water partition coefficient (Wildman–Crippen LogP) is 2.92. The van der Waals surface area contributed by atoms with E-state index in [1.165, 1.54) is 12.5 Å². The molecule has 2 rings (SSSR count). The number of benzene rings is 1. The summed E-state index contributed by atoms with van der Waals surface area (Å²) in [6.45, 7) is 1.74. The second-order valence-corrected chi connectivity index (χ2v) is 5.99. The first-order chi connectivity index (χ1) is 9.08. The molecule has 1 aliphatic rings. The molecule has 4 nitrogen and oxygen atoms in total. The second-order valence-electron chi connectivity index (χ2n) is 4.68. The van der Waals surface area contributed by atoms with Gasteiger partial charge in [0.1, 0.15) is 0 Å². The van der Waals surface area contributed by atoms with E-state index in [0.29, 0.717) is 11.3 Å². The van der Waals surface area contributed by atoms with Crippen molar-refractivity contribution >= 4 is 29.3 Å². The summed E-state index contributed by atoms with van der Waals surface area (Å²) in [5.74, 6) is 0.0253. The van der Waals surface area contributed by atoms with E-state index in [1.54, 1.807) is 30.8 Å². The van der Waals surface area contributed by atoms with Crippen LogP contribution >= 0.6 is 11.8 Å². The molecule has 1 aromatic rings. The van der Waals surface area contributed by atoms with E-state index in [-0.39, 0.29) is 16.7 Å². The molecule has 1 fully saturated rings. The first kappa shape index (κ1) is 13.9. The molecule has 5 heteroatoms. The zero-order valence-electron chi connectivity index (χ0n) is 10.8. The summed E-state index contributed by atoms with van der Waals surface area (Å²) in [5.41, 5.74) is 1.48. The zero-order chi connectivity index (χ0) is 13.8. The molecule has 1 unspecified atom stereocenters. The Morgan fingerprint density at radius 3 is 2.79 bits per heavy atom. The number of nitrogens with one attached hydrogen (secondary N) is 1. The molecule has 0 saturated carbocycles. The van der Waals surface area contributed by atoms with Gasteiger partial charge < -0.3 is 10.4 Å². The van der Waals surface area contributed by atoms with Crippen LogP contribution in [0.2, 0.25) is 0 Å². The number of hydrogen-bond donors (Lipinski definition) is 2. The lowest BCUT2D eigenvalue weighted by atomic mass is 10.1. The quantitative estimate of drug-likeness (QED) is 0.892. The van der Waals surface area contributed by atoms with Crippen LogP contribution in [0.5, 0.6) is 0 Å². The topological polar surface area (TPSA) is 66.4 Å². The van der Waals surface area contributed by atoms with E-state index in [2.05, 4.69) is 5.32 Å². The van der Waals surface area contributed by atoms with Crippen LogP contribution in [-0.2, 0) is 4.79 Å². The summed E-state index contributed by atoms with van der Waals surface area (Å²) in [5, 5.41) is 11.9. The normalized spacial score (nSPS) is 18.9. The third-order valence-corrected chi connectivity index (χ3v) is 4.58. The predicted molar refractivity (Wildman–Crippen MR) is 76.9 cm³/mol. The van der Waals surface area contributed by atoms with E-state index in [9.17, 15) is 9.59 Å². The third kappa shape index (κ3) is 3.50. The van der Waals surface area contributed by atoms with Gasteiger partial charge in [-0.2, -0.15) is 0 Å². The number of carboxylic acid groups (broad SMARTS) is 1. The van der Waals surface area contributed by atoms with Crippen molar-refractivity contribution in [3.63, 3.8) is 0 Å². The Morgan fingerprint density at radius 1 is 1.37 bits per heavy atom. The monoisotopic (exact) mass is 279 g/mol. The number of aryl methyl sites for hydroxylation is 1. The zero-order valence-corrected chi connectivity index (χ0v) is 11.6. The minimum absolute atomic E-state index is 0.0108. The van der Waals surface area contributed by atoms with Gasteiger partial charge in [0.2, 0.25) is 5.91 Å². The van der Waals surface area contributed by atoms with Crippen LogP contribution in [0, 0.1) is 6.92 Å². The minimum Gasteiger partial charge on any atom is -0.478 e. The molecule has 1 aromatic carbocycles. The summed E-state index contributed by atoms with van der Waals surface area (Å²) in [7, 11) is 0. The Kier molecular flexibility index (Phi) is 4.47. The van der Waals surface area contributed by atoms with Crippen molar-refractivity contribution in [2.75, 3.05) is 11.1 Å². The third-order valence-electron chi connectivity index (χ3n) is 3.21. The van der Waals surface area contributed by atoms with Gasteiger partial charge in [0.25, 0.3) is 0 Å². The molecule has 0 bridgehead atoms. The van der Waals surface area contributed by atoms with E-state index >= 15 is 0 Å². The van der Waals surface area contributed by atoms with Gasteiger partial charge in [-0.1, -0.05) is 12.5 Å². The fourth-order valence-corrected chi connectivity index (χ4v) is 3.30. The molecular formula is C14H17NO3S. The van der Waals surface area contributed by atoms with Gasteiger partial charge in [-0.15, -0.1) is 11.8 Å². The van der Waals surface area contributed by atoms with E-state index < -0.39 is 5.97 Å². The summed E-state index contributed by atoms with van der Waals surface area (Å²) < 4.78 is 0. The first-order valence-electron chi connectivity index (χ1n) is 6.34. The molecule has 19 heavy (non-hydrogen) atoms. The molecule has 0 spiro atoms. The van der Waals surface area contributed by atoms with E-state index in [4.69, 9.17) is 5.11 Å². The SMILES string of the molecule is Cc1ccc(NC(=O)C2CCCCS2)cc1C(=O)O. The van der Waals surface area contributed by atoms with Crippen LogP contribution in [0.3, 0.4) is 0 Å². The van der Waals surface area contributed by atoms with Crippen LogP contribution in [0.4, 0.5) is 5.69 Å². The molecule has 0 aromatic heterocycles. The Bertz CT molecular complexity index is 495. The van der Waals surface area contributed by atoms with E-state index in [1.807, 2.05) is 0 Å². The lowest BCUT2D eigenvalue weighted by Crippen LogP contribution is -2.27. The summed E-state index contributed by atoms with van der Waals surface area (Å²) in [4.78, 5) is 23.1. The summed E-state index contributed by atoms with van der Waals surface area (Å²) in [6, 6.07) is 4.98. The Balaban J connectivity index is 2.08. The number of amides is 1. The second kappa shape index (κ2) is 6.10. The van der Waals surface area contributed by atoms with E-state index in [0.717, 1.165) is 18.6 Å². The highest BCUT2D eigenvalue weighted by molar-refractivity contribution is 8.00. The average molecular weight is 279 g/mol. The van der Waals surface area contributed by atoms with Gasteiger partial charge in [-0.25, -0.2) is 4.79 Å². The molecule has 0 radical (unpaired) electrons. The van der Waals surface area contributed by atoms with Crippen LogP contribution in [0.15, 0.2) is 18.2 Å². The number of aromatic carboxylic acids is 1. The molecule has 1 atom stereocenters. The van der Waals surface area contributed by atoms with Crippen molar-refractivity contribution in [1.82, 2.24) is 0 Å². The standard InChI is InChI=1S/C14H17NO3S/c1-9-5-6-10(8-11(9)14(17)18)15-13(16)12-4-2-3-7-19-12/h5-6,8,12H,2-4,7H2,1H3,(H,15,16)(H,17,18). The van der Waals surface area contributed by atoms with Gasteiger partial charge in [-0.05, 0) is 43.2 Å². The largest absolute Gasteiger partial charge is 0.478 e. The van der Waals surface area contributed by atoms with Crippen molar-refractivity contribution in [1.29, 1.82) is 0 Å². The van der Waals surface area contributed by atoms with Gasteiger partial charge >= 0.3 is 5.97 Å². The fraction of sp³-hybridized carbons (Fsp3) is 0.429. The fourth-order valence-electron chi connectivity index (χ4n) is 2.10. The number of carboxylic acids is 1. The average Bonchev–Trinajstić information content (AvgIpc) is 2.41. The van der Waals surface area contributed by atoms with Crippen LogP contribution < -0.4 is 5.32 Å².